The van der Waals surface area contributed by atoms with E-state index in [-0.39, 0.29) is 11.8 Å². The lowest BCUT2D eigenvalue weighted by atomic mass is 10.1. The number of nitrogens with zero attached hydrogens (tertiary/aromatic N) is 1. The van der Waals surface area contributed by atoms with Gasteiger partial charge >= 0.3 is 0 Å². The molecule has 18 heavy (non-hydrogen) atoms. The van der Waals surface area contributed by atoms with Crippen molar-refractivity contribution in [2.75, 3.05) is 29.5 Å². The molecule has 0 bridgehead atoms. The molecule has 0 aromatic heterocycles. The van der Waals surface area contributed by atoms with Crippen molar-refractivity contribution < 1.29 is 8.42 Å². The minimum atomic E-state index is -2.84. The van der Waals surface area contributed by atoms with Crippen LogP contribution in [0, 0.1) is 0 Å². The third-order valence-electron chi connectivity index (χ3n) is 3.34. The number of sulfone groups is 1. The van der Waals surface area contributed by atoms with E-state index in [1.165, 1.54) is 0 Å². The Morgan fingerprint density at radius 2 is 1.83 bits per heavy atom. The Hall–Kier alpha value is -1.07. The lowest BCUT2D eigenvalue weighted by Gasteiger charge is -2.22. The molecule has 0 aliphatic carbocycles. The maximum atomic E-state index is 11.5. The summed E-state index contributed by atoms with van der Waals surface area (Å²) in [4.78, 5) is 2.13. The van der Waals surface area contributed by atoms with E-state index >= 15 is 0 Å². The van der Waals surface area contributed by atoms with Crippen LogP contribution in [0.5, 0.6) is 0 Å². The van der Waals surface area contributed by atoms with Crippen LogP contribution in [0.3, 0.4) is 0 Å². The van der Waals surface area contributed by atoms with Gasteiger partial charge in [-0.15, -0.1) is 0 Å². The highest BCUT2D eigenvalue weighted by Crippen LogP contribution is 2.20. The Morgan fingerprint density at radius 3 is 2.44 bits per heavy atom. The summed E-state index contributed by atoms with van der Waals surface area (Å²) in [5.74, 6) is 0.559. The van der Waals surface area contributed by atoms with Crippen LogP contribution in [0.4, 0.5) is 5.69 Å². The molecule has 1 aromatic rings. The molecule has 2 rings (SSSR count). The highest BCUT2D eigenvalue weighted by Gasteiger charge is 2.19. The highest BCUT2D eigenvalue weighted by atomic mass is 32.2. The van der Waals surface area contributed by atoms with E-state index in [4.69, 9.17) is 5.73 Å². The van der Waals surface area contributed by atoms with Crippen molar-refractivity contribution in [2.24, 2.45) is 5.73 Å². The molecule has 4 nitrogen and oxygen atoms in total. The van der Waals surface area contributed by atoms with Crippen molar-refractivity contribution in [1.82, 2.24) is 0 Å². The van der Waals surface area contributed by atoms with Gasteiger partial charge < -0.3 is 10.6 Å². The number of nitrogens with two attached hydrogens (primary N) is 1. The molecule has 1 unspecified atom stereocenters. The summed E-state index contributed by atoms with van der Waals surface area (Å²) in [5.41, 5.74) is 7.99. The van der Waals surface area contributed by atoms with Crippen LogP contribution in [0.1, 0.15) is 24.9 Å². The summed E-state index contributed by atoms with van der Waals surface area (Å²) in [6.45, 7) is 3.34. The Labute approximate surface area is 109 Å². The molecule has 1 heterocycles. The minimum absolute atomic E-state index is 0.0311. The van der Waals surface area contributed by atoms with Crippen molar-refractivity contribution in [3.63, 3.8) is 0 Å². The number of hydrogen-bond donors (Lipinski definition) is 1. The molecule has 0 amide bonds. The van der Waals surface area contributed by atoms with Gasteiger partial charge in [0.2, 0.25) is 0 Å². The number of anilines is 1. The van der Waals surface area contributed by atoms with Crippen molar-refractivity contribution in [3.8, 4) is 0 Å². The zero-order valence-electron chi connectivity index (χ0n) is 10.7. The fraction of sp³-hybridized carbons (Fsp3) is 0.538. The summed E-state index contributed by atoms with van der Waals surface area (Å²) >= 11 is 0. The average Bonchev–Trinajstić information content (AvgIpc) is 2.50. The van der Waals surface area contributed by atoms with Gasteiger partial charge in [-0.25, -0.2) is 8.42 Å². The van der Waals surface area contributed by atoms with E-state index in [1.54, 1.807) is 0 Å². The van der Waals surface area contributed by atoms with Crippen LogP contribution in [0.15, 0.2) is 24.3 Å². The number of rotatable bonds is 2. The highest BCUT2D eigenvalue weighted by molar-refractivity contribution is 7.91. The summed E-state index contributed by atoms with van der Waals surface area (Å²) in [6.07, 6.45) is 0.706. The predicted octanol–water partition coefficient (Wildman–Crippen LogP) is 1.33. The van der Waals surface area contributed by atoms with Crippen molar-refractivity contribution in [3.05, 3.63) is 29.8 Å². The first-order valence-corrected chi connectivity index (χ1v) is 8.11. The minimum Gasteiger partial charge on any atom is -0.370 e. The van der Waals surface area contributed by atoms with Gasteiger partial charge in [0.1, 0.15) is 0 Å². The molecular weight excluding hydrogens is 248 g/mol. The second kappa shape index (κ2) is 5.28. The Balaban J connectivity index is 2.12. The molecule has 5 heteroatoms. The van der Waals surface area contributed by atoms with Crippen LogP contribution in [0.25, 0.3) is 0 Å². The molecule has 0 radical (unpaired) electrons. The van der Waals surface area contributed by atoms with E-state index in [1.807, 2.05) is 31.2 Å². The van der Waals surface area contributed by atoms with E-state index in [0.29, 0.717) is 18.7 Å². The SMILES string of the molecule is CC(N)c1ccc(N2CCCS(=O)(=O)CC2)cc1. The number of benzene rings is 1. The molecule has 100 valence electrons. The monoisotopic (exact) mass is 268 g/mol. The molecule has 1 aromatic carbocycles. The molecule has 2 N–H and O–H groups in total. The zero-order chi connectivity index (χ0) is 13.2. The van der Waals surface area contributed by atoms with Gasteiger partial charge in [0, 0.05) is 24.8 Å². The molecule has 1 aliphatic heterocycles. The maximum Gasteiger partial charge on any atom is 0.152 e. The first kappa shape index (κ1) is 13.4. The zero-order valence-corrected chi connectivity index (χ0v) is 11.5. The molecule has 1 atom stereocenters. The maximum absolute atomic E-state index is 11.5. The largest absolute Gasteiger partial charge is 0.370 e. The van der Waals surface area contributed by atoms with Gasteiger partial charge in [0.15, 0.2) is 9.84 Å². The molecular formula is C13H20N2O2S. The van der Waals surface area contributed by atoms with Gasteiger partial charge in [-0.05, 0) is 31.0 Å². The van der Waals surface area contributed by atoms with E-state index < -0.39 is 9.84 Å². The lowest BCUT2D eigenvalue weighted by Crippen LogP contribution is -2.26. The molecule has 0 saturated carbocycles. The summed E-state index contributed by atoms with van der Waals surface area (Å²) < 4.78 is 23.1. The first-order chi connectivity index (χ1) is 8.48. The fourth-order valence-electron chi connectivity index (χ4n) is 2.19. The van der Waals surface area contributed by atoms with E-state index in [2.05, 4.69) is 4.90 Å². The molecule has 1 fully saturated rings. The Bertz CT molecular complexity index is 494. The molecule has 0 spiro atoms. The van der Waals surface area contributed by atoms with Crippen LogP contribution in [-0.2, 0) is 9.84 Å². The van der Waals surface area contributed by atoms with Gasteiger partial charge in [-0.2, -0.15) is 0 Å². The smallest absolute Gasteiger partial charge is 0.152 e. The Kier molecular flexibility index (Phi) is 3.92. The number of hydrogen-bond acceptors (Lipinski definition) is 4. The lowest BCUT2D eigenvalue weighted by molar-refractivity contribution is 0.597. The Morgan fingerprint density at radius 1 is 1.17 bits per heavy atom. The first-order valence-electron chi connectivity index (χ1n) is 6.29. The third-order valence-corrected chi connectivity index (χ3v) is 5.05. The molecule has 1 saturated heterocycles. The van der Waals surface area contributed by atoms with Gasteiger partial charge in [-0.1, -0.05) is 12.1 Å². The van der Waals surface area contributed by atoms with Crippen LogP contribution < -0.4 is 10.6 Å². The van der Waals surface area contributed by atoms with Gasteiger partial charge in [0.05, 0.1) is 11.5 Å². The van der Waals surface area contributed by atoms with Crippen molar-refractivity contribution >= 4 is 15.5 Å². The summed E-state index contributed by atoms with van der Waals surface area (Å²) in [5, 5.41) is 0. The summed E-state index contributed by atoms with van der Waals surface area (Å²) in [6, 6.07) is 8.11. The topological polar surface area (TPSA) is 63.4 Å². The van der Waals surface area contributed by atoms with Crippen LogP contribution in [0.2, 0.25) is 0 Å². The second-order valence-corrected chi connectivity index (χ2v) is 7.18. The normalized spacial score (nSPS) is 21.3. The fourth-order valence-corrected chi connectivity index (χ4v) is 3.46. The quantitative estimate of drug-likeness (QED) is 0.879. The van der Waals surface area contributed by atoms with Crippen molar-refractivity contribution in [1.29, 1.82) is 0 Å². The predicted molar refractivity (Wildman–Crippen MR) is 74.5 cm³/mol. The standard InChI is InChI=1S/C13H20N2O2S/c1-11(14)12-3-5-13(6-4-12)15-7-2-9-18(16,17)10-8-15/h3-6,11H,2,7-10,14H2,1H3. The van der Waals surface area contributed by atoms with Gasteiger partial charge in [0.25, 0.3) is 0 Å². The molecule has 1 aliphatic rings. The van der Waals surface area contributed by atoms with Crippen molar-refractivity contribution in [2.45, 2.75) is 19.4 Å². The second-order valence-electron chi connectivity index (χ2n) is 4.87. The van der Waals surface area contributed by atoms with Crippen LogP contribution in [-0.4, -0.2) is 33.0 Å². The van der Waals surface area contributed by atoms with E-state index in [0.717, 1.165) is 17.8 Å². The van der Waals surface area contributed by atoms with E-state index in [9.17, 15) is 8.42 Å². The third kappa shape index (κ3) is 3.23. The van der Waals surface area contributed by atoms with Gasteiger partial charge in [-0.3, -0.25) is 0 Å². The average molecular weight is 268 g/mol. The van der Waals surface area contributed by atoms with Crippen LogP contribution >= 0.6 is 0 Å². The summed E-state index contributed by atoms with van der Waals surface area (Å²) in [7, 11) is -2.84.